The molecule has 3 fully saturated rings. The fourth-order valence-electron chi connectivity index (χ4n) is 5.33. The fraction of sp³-hybridized carbons (Fsp3) is 0.640. The fourth-order valence-corrected chi connectivity index (χ4v) is 5.33. The van der Waals surface area contributed by atoms with E-state index in [-0.39, 0.29) is 35.7 Å². The molecule has 168 valence electrons. The molecule has 1 aromatic carbocycles. The molecule has 1 aromatic rings. The van der Waals surface area contributed by atoms with Crippen LogP contribution in [0.15, 0.2) is 30.3 Å². The molecular formula is C25H35N3O3. The number of hydrogen-bond acceptors (Lipinski definition) is 3. The molecule has 1 aliphatic carbocycles. The van der Waals surface area contributed by atoms with E-state index in [1.807, 2.05) is 35.2 Å². The molecule has 4 rings (SSSR count). The quantitative estimate of drug-likeness (QED) is 0.789. The number of carbonyl (C=O) groups is 3. The van der Waals surface area contributed by atoms with Crippen LogP contribution in [-0.4, -0.2) is 59.2 Å². The molecule has 1 N–H and O–H groups in total. The van der Waals surface area contributed by atoms with Crippen molar-refractivity contribution in [3.8, 4) is 0 Å². The molecule has 1 unspecified atom stereocenters. The van der Waals surface area contributed by atoms with E-state index in [9.17, 15) is 14.4 Å². The summed E-state index contributed by atoms with van der Waals surface area (Å²) in [6.45, 7) is 1.98. The summed E-state index contributed by atoms with van der Waals surface area (Å²) in [6, 6.07) is 9.56. The number of rotatable bonds is 5. The summed E-state index contributed by atoms with van der Waals surface area (Å²) in [6.07, 6.45) is 9.16. The van der Waals surface area contributed by atoms with Crippen LogP contribution in [0.5, 0.6) is 0 Å². The summed E-state index contributed by atoms with van der Waals surface area (Å²) < 4.78 is 0. The monoisotopic (exact) mass is 425 g/mol. The van der Waals surface area contributed by atoms with E-state index in [2.05, 4.69) is 5.32 Å². The van der Waals surface area contributed by atoms with Crippen LogP contribution in [0.2, 0.25) is 0 Å². The first-order valence-electron chi connectivity index (χ1n) is 12.0. The lowest BCUT2D eigenvalue weighted by molar-refractivity contribution is -0.144. The zero-order valence-electron chi connectivity index (χ0n) is 18.4. The maximum absolute atomic E-state index is 13.2. The van der Waals surface area contributed by atoms with Crippen molar-refractivity contribution in [2.45, 2.75) is 76.3 Å². The second kappa shape index (κ2) is 10.3. The van der Waals surface area contributed by atoms with Crippen LogP contribution in [0.3, 0.4) is 0 Å². The summed E-state index contributed by atoms with van der Waals surface area (Å²) in [7, 11) is 0. The lowest BCUT2D eigenvalue weighted by Crippen LogP contribution is -2.53. The van der Waals surface area contributed by atoms with E-state index in [1.165, 1.54) is 6.42 Å². The SMILES string of the molecule is O=C(NC1CCN(C(=O)C2CCCN2C(=O)Cc2ccccc2)CC1)C1CCCCC1. The largest absolute Gasteiger partial charge is 0.353 e. The molecule has 6 nitrogen and oxygen atoms in total. The van der Waals surface area contributed by atoms with Gasteiger partial charge in [-0.3, -0.25) is 14.4 Å². The third-order valence-electron chi connectivity index (χ3n) is 7.19. The third-order valence-corrected chi connectivity index (χ3v) is 7.19. The van der Waals surface area contributed by atoms with E-state index in [0.29, 0.717) is 26.1 Å². The zero-order valence-corrected chi connectivity index (χ0v) is 18.4. The number of nitrogens with one attached hydrogen (secondary N) is 1. The van der Waals surface area contributed by atoms with E-state index in [1.54, 1.807) is 4.90 Å². The topological polar surface area (TPSA) is 69.7 Å². The standard InChI is InChI=1S/C25H35N3O3/c29-23(18-19-8-3-1-4-9-19)28-15-7-12-22(28)25(31)27-16-13-21(14-17-27)26-24(30)20-10-5-2-6-11-20/h1,3-4,8-9,20-22H,2,5-7,10-18H2,(H,26,30). The number of benzene rings is 1. The van der Waals surface area contributed by atoms with Gasteiger partial charge >= 0.3 is 0 Å². The molecule has 31 heavy (non-hydrogen) atoms. The molecule has 6 heteroatoms. The Morgan fingerprint density at radius 1 is 0.839 bits per heavy atom. The number of carbonyl (C=O) groups excluding carboxylic acids is 3. The van der Waals surface area contributed by atoms with E-state index < -0.39 is 0 Å². The summed E-state index contributed by atoms with van der Waals surface area (Å²) in [5.41, 5.74) is 0.986. The van der Waals surface area contributed by atoms with Crippen molar-refractivity contribution < 1.29 is 14.4 Å². The maximum Gasteiger partial charge on any atom is 0.245 e. The minimum atomic E-state index is -0.329. The van der Waals surface area contributed by atoms with E-state index in [0.717, 1.165) is 56.9 Å². The van der Waals surface area contributed by atoms with Crippen LogP contribution in [0.25, 0.3) is 0 Å². The first kappa shape index (κ1) is 21.8. The van der Waals surface area contributed by atoms with Crippen LogP contribution in [0.4, 0.5) is 0 Å². The van der Waals surface area contributed by atoms with Crippen molar-refractivity contribution in [1.29, 1.82) is 0 Å². The van der Waals surface area contributed by atoms with Crippen LogP contribution in [-0.2, 0) is 20.8 Å². The lowest BCUT2D eigenvalue weighted by Gasteiger charge is -2.36. The van der Waals surface area contributed by atoms with Crippen LogP contribution in [0.1, 0.15) is 63.4 Å². The predicted octanol–water partition coefficient (Wildman–Crippen LogP) is 2.91. The van der Waals surface area contributed by atoms with E-state index >= 15 is 0 Å². The molecule has 0 spiro atoms. The van der Waals surface area contributed by atoms with Gasteiger partial charge < -0.3 is 15.1 Å². The number of piperidine rings is 1. The number of nitrogens with zero attached hydrogens (tertiary/aromatic N) is 2. The number of likely N-dealkylation sites (tertiary alicyclic amines) is 2. The minimum Gasteiger partial charge on any atom is -0.353 e. The van der Waals surface area contributed by atoms with Gasteiger partial charge in [-0.15, -0.1) is 0 Å². The second-order valence-electron chi connectivity index (χ2n) is 9.35. The summed E-state index contributed by atoms with van der Waals surface area (Å²) >= 11 is 0. The minimum absolute atomic E-state index is 0.0386. The first-order chi connectivity index (χ1) is 15.1. The molecule has 2 saturated heterocycles. The normalized spacial score (nSPS) is 23.0. The molecule has 2 aliphatic heterocycles. The molecule has 2 heterocycles. The molecule has 1 saturated carbocycles. The van der Waals surface area contributed by atoms with Gasteiger partial charge in [-0.2, -0.15) is 0 Å². The van der Waals surface area contributed by atoms with Gasteiger partial charge in [-0.25, -0.2) is 0 Å². The van der Waals surface area contributed by atoms with Crippen molar-refractivity contribution in [3.05, 3.63) is 35.9 Å². The van der Waals surface area contributed by atoms with Gasteiger partial charge in [-0.05, 0) is 44.1 Å². The van der Waals surface area contributed by atoms with Crippen LogP contribution in [0, 0.1) is 5.92 Å². The van der Waals surface area contributed by atoms with Crippen LogP contribution < -0.4 is 5.32 Å². The van der Waals surface area contributed by atoms with Crippen molar-refractivity contribution in [2.75, 3.05) is 19.6 Å². The van der Waals surface area contributed by atoms with Gasteiger partial charge in [0.1, 0.15) is 6.04 Å². The Kier molecular flexibility index (Phi) is 7.25. The van der Waals surface area contributed by atoms with Gasteiger partial charge in [0.2, 0.25) is 17.7 Å². The third kappa shape index (κ3) is 5.46. The smallest absolute Gasteiger partial charge is 0.245 e. The Hall–Kier alpha value is -2.37. The molecule has 3 aliphatic rings. The van der Waals surface area contributed by atoms with Gasteiger partial charge in [0.25, 0.3) is 0 Å². The van der Waals surface area contributed by atoms with Gasteiger partial charge in [0.15, 0.2) is 0 Å². The lowest BCUT2D eigenvalue weighted by atomic mass is 9.88. The molecule has 3 amide bonds. The average molecular weight is 426 g/mol. The van der Waals surface area contributed by atoms with Crippen molar-refractivity contribution in [2.24, 2.45) is 5.92 Å². The molecule has 0 aromatic heterocycles. The Balaban J connectivity index is 1.26. The maximum atomic E-state index is 13.2. The summed E-state index contributed by atoms with van der Waals surface area (Å²) in [4.78, 5) is 42.2. The molecule has 0 radical (unpaired) electrons. The Morgan fingerprint density at radius 3 is 2.26 bits per heavy atom. The average Bonchev–Trinajstić information content (AvgIpc) is 3.30. The second-order valence-corrected chi connectivity index (χ2v) is 9.35. The van der Waals surface area contributed by atoms with Crippen LogP contribution >= 0.6 is 0 Å². The Labute approximate surface area is 185 Å². The van der Waals surface area contributed by atoms with E-state index in [4.69, 9.17) is 0 Å². The van der Waals surface area contributed by atoms with Gasteiger partial charge in [-0.1, -0.05) is 49.6 Å². The predicted molar refractivity (Wildman–Crippen MR) is 119 cm³/mol. The Morgan fingerprint density at radius 2 is 1.55 bits per heavy atom. The van der Waals surface area contributed by atoms with Gasteiger partial charge in [0, 0.05) is 31.6 Å². The highest BCUT2D eigenvalue weighted by atomic mass is 16.2. The van der Waals surface area contributed by atoms with Crippen molar-refractivity contribution >= 4 is 17.7 Å². The number of amides is 3. The summed E-state index contributed by atoms with van der Waals surface area (Å²) in [5, 5.41) is 3.23. The summed E-state index contributed by atoms with van der Waals surface area (Å²) in [5.74, 6) is 0.502. The highest BCUT2D eigenvalue weighted by Gasteiger charge is 2.37. The Bertz CT molecular complexity index is 767. The molecule has 0 bridgehead atoms. The van der Waals surface area contributed by atoms with Gasteiger partial charge in [0.05, 0.1) is 6.42 Å². The molecule has 1 atom stereocenters. The highest BCUT2D eigenvalue weighted by molar-refractivity contribution is 5.89. The van der Waals surface area contributed by atoms with Crippen molar-refractivity contribution in [3.63, 3.8) is 0 Å². The number of hydrogen-bond donors (Lipinski definition) is 1. The van der Waals surface area contributed by atoms with Crippen molar-refractivity contribution in [1.82, 2.24) is 15.1 Å². The zero-order chi connectivity index (χ0) is 21.6. The highest BCUT2D eigenvalue weighted by Crippen LogP contribution is 2.25. The first-order valence-corrected chi connectivity index (χ1v) is 12.0. The molecular weight excluding hydrogens is 390 g/mol.